The van der Waals surface area contributed by atoms with E-state index in [0.717, 1.165) is 63.9 Å². The lowest BCUT2D eigenvalue weighted by atomic mass is 9.57. The second kappa shape index (κ2) is 12.6. The van der Waals surface area contributed by atoms with E-state index in [0.29, 0.717) is 12.8 Å². The average molecular weight is 491 g/mol. The van der Waals surface area contributed by atoms with Crippen molar-refractivity contribution in [3.63, 3.8) is 0 Å². The van der Waals surface area contributed by atoms with E-state index in [-0.39, 0.29) is 23.3 Å². The number of carbonyl (C=O) groups excluding carboxylic acids is 1. The molecule has 1 unspecified atom stereocenters. The summed E-state index contributed by atoms with van der Waals surface area (Å²) in [4.78, 5) is 15.2. The van der Waals surface area contributed by atoms with Crippen molar-refractivity contribution >= 4 is 5.91 Å². The molecule has 2 N–H and O–H groups in total. The van der Waals surface area contributed by atoms with Crippen molar-refractivity contribution in [3.05, 3.63) is 78.4 Å². The number of rotatable bonds is 11. The first kappa shape index (κ1) is 26.4. The van der Waals surface area contributed by atoms with Gasteiger partial charge in [0.25, 0.3) is 0 Å². The van der Waals surface area contributed by atoms with Crippen LogP contribution in [0.3, 0.4) is 0 Å². The van der Waals surface area contributed by atoms with Crippen molar-refractivity contribution in [2.24, 2.45) is 5.92 Å². The second-order valence-electron chi connectivity index (χ2n) is 10.6. The van der Waals surface area contributed by atoms with Crippen LogP contribution in [0.25, 0.3) is 0 Å². The summed E-state index contributed by atoms with van der Waals surface area (Å²) in [5, 5.41) is 14.6. The number of piperidine rings is 1. The van der Waals surface area contributed by atoms with Gasteiger partial charge in [-0.15, -0.1) is 6.58 Å². The highest BCUT2D eigenvalue weighted by molar-refractivity contribution is 5.76. The molecule has 1 aliphatic carbocycles. The number of methoxy groups -OCH3 is 1. The molecule has 2 aromatic rings. The Hall–Kier alpha value is -2.63. The third-order valence-electron chi connectivity index (χ3n) is 8.25. The van der Waals surface area contributed by atoms with Gasteiger partial charge in [0.1, 0.15) is 5.75 Å². The lowest BCUT2D eigenvalue weighted by Crippen LogP contribution is -2.61. The van der Waals surface area contributed by atoms with E-state index in [2.05, 4.69) is 53.2 Å². The lowest BCUT2D eigenvalue weighted by Gasteiger charge is -2.54. The number of likely N-dealkylation sites (tertiary alicyclic amines) is 1. The number of aliphatic hydroxyl groups is 1. The van der Waals surface area contributed by atoms with Gasteiger partial charge in [-0.25, -0.2) is 0 Å². The van der Waals surface area contributed by atoms with E-state index >= 15 is 0 Å². The van der Waals surface area contributed by atoms with Crippen LogP contribution in [0.5, 0.6) is 5.75 Å². The van der Waals surface area contributed by atoms with Crippen LogP contribution in [0.4, 0.5) is 0 Å². The summed E-state index contributed by atoms with van der Waals surface area (Å²) >= 11 is 0. The summed E-state index contributed by atoms with van der Waals surface area (Å²) in [5.74, 6) is 1.06. The van der Waals surface area contributed by atoms with Gasteiger partial charge in [-0.2, -0.15) is 0 Å². The molecule has 5 heteroatoms. The van der Waals surface area contributed by atoms with Gasteiger partial charge in [0.05, 0.1) is 13.2 Å². The number of hydrogen-bond donors (Lipinski definition) is 2. The molecule has 0 radical (unpaired) electrons. The molecular formula is C31H42N2O3. The van der Waals surface area contributed by atoms with Crippen LogP contribution in [0.15, 0.2) is 67.3 Å². The number of nitrogens with zero attached hydrogens (tertiary/aromatic N) is 1. The number of benzene rings is 2. The largest absolute Gasteiger partial charge is 0.497 e. The molecule has 0 spiro atoms. The summed E-state index contributed by atoms with van der Waals surface area (Å²) in [5.41, 5.74) is 2.39. The Morgan fingerprint density at radius 1 is 1.19 bits per heavy atom. The maximum atomic E-state index is 12.9. The summed E-state index contributed by atoms with van der Waals surface area (Å²) in [7, 11) is 1.69. The molecule has 1 heterocycles. The number of aliphatic hydroxyl groups excluding tert-OH is 1. The van der Waals surface area contributed by atoms with Crippen LogP contribution < -0.4 is 10.1 Å². The normalized spacial score (nSPS) is 26.1. The average Bonchev–Trinajstić information content (AvgIpc) is 2.89. The van der Waals surface area contributed by atoms with Crippen molar-refractivity contribution in [1.82, 2.24) is 10.2 Å². The first-order chi connectivity index (χ1) is 17.5. The van der Waals surface area contributed by atoms with E-state index in [4.69, 9.17) is 4.74 Å². The van der Waals surface area contributed by atoms with Gasteiger partial charge >= 0.3 is 0 Å². The van der Waals surface area contributed by atoms with E-state index in [9.17, 15) is 9.90 Å². The molecule has 4 rings (SSSR count). The number of unbranched alkanes of at least 4 members (excludes halogenated alkanes) is 2. The Morgan fingerprint density at radius 3 is 2.81 bits per heavy atom. The first-order valence-corrected chi connectivity index (χ1v) is 13.5. The Balaban J connectivity index is 1.38. The summed E-state index contributed by atoms with van der Waals surface area (Å²) in [6, 6.07) is 18.8. The first-order valence-electron chi connectivity index (χ1n) is 13.5. The summed E-state index contributed by atoms with van der Waals surface area (Å²) < 4.78 is 5.54. The van der Waals surface area contributed by atoms with Crippen molar-refractivity contribution in [1.29, 1.82) is 0 Å². The van der Waals surface area contributed by atoms with Crippen LogP contribution in [-0.4, -0.2) is 54.8 Å². The monoisotopic (exact) mass is 490 g/mol. The fourth-order valence-corrected chi connectivity index (χ4v) is 6.41. The Kier molecular flexibility index (Phi) is 9.22. The molecular weight excluding hydrogens is 448 g/mol. The molecule has 0 aromatic heterocycles. The molecule has 4 atom stereocenters. The smallest absolute Gasteiger partial charge is 0.220 e. The van der Waals surface area contributed by atoms with Gasteiger partial charge in [0.2, 0.25) is 5.91 Å². The number of carbonyl (C=O) groups is 1. The maximum Gasteiger partial charge on any atom is 0.220 e. The standard InChI is InChI=1S/C31H42N2O3/c1-3-18-33-19-17-31(25-14-10-15-27(20-25)36-2)22-26(21-29(34)28(31)23-33)32-30(35)16-9-5-8-13-24-11-6-4-7-12-24/h3-4,6-7,10-12,14-15,20,26,28-29,34H,1,5,8-9,13,16-19,21-23H2,2H3,(H,32,35)/t26-,28+,29?,31+/m1/s1. The highest BCUT2D eigenvalue weighted by atomic mass is 16.5. The number of hydrogen-bond acceptors (Lipinski definition) is 4. The molecule has 194 valence electrons. The Labute approximate surface area is 216 Å². The predicted molar refractivity (Wildman–Crippen MR) is 145 cm³/mol. The molecule has 2 aromatic carbocycles. The van der Waals surface area contributed by atoms with E-state index in [1.54, 1.807) is 7.11 Å². The molecule has 2 fully saturated rings. The van der Waals surface area contributed by atoms with Gasteiger partial charge < -0.3 is 15.2 Å². The molecule has 5 nitrogen and oxygen atoms in total. The Morgan fingerprint density at radius 2 is 2.03 bits per heavy atom. The van der Waals surface area contributed by atoms with Gasteiger partial charge in [0, 0.05) is 36.9 Å². The minimum atomic E-state index is -0.464. The zero-order valence-corrected chi connectivity index (χ0v) is 21.7. The van der Waals surface area contributed by atoms with Crippen LogP contribution >= 0.6 is 0 Å². The van der Waals surface area contributed by atoms with E-state index < -0.39 is 6.10 Å². The minimum absolute atomic E-state index is 0.0229. The predicted octanol–water partition coefficient (Wildman–Crippen LogP) is 4.88. The zero-order chi connectivity index (χ0) is 25.4. The van der Waals surface area contributed by atoms with Gasteiger partial charge in [-0.1, -0.05) is 55.0 Å². The van der Waals surface area contributed by atoms with Crippen LogP contribution in [0.2, 0.25) is 0 Å². The van der Waals surface area contributed by atoms with Crippen LogP contribution in [0.1, 0.15) is 56.1 Å². The molecule has 2 aliphatic rings. The van der Waals surface area contributed by atoms with Gasteiger partial charge in [-0.3, -0.25) is 9.69 Å². The van der Waals surface area contributed by atoms with Crippen LogP contribution in [-0.2, 0) is 16.6 Å². The number of aryl methyl sites for hydroxylation is 1. The summed E-state index contributed by atoms with van der Waals surface area (Å²) in [6.07, 6.45) is 8.53. The van der Waals surface area contributed by atoms with E-state index in [1.165, 1.54) is 11.1 Å². The lowest BCUT2D eigenvalue weighted by molar-refractivity contribution is -0.123. The quantitative estimate of drug-likeness (QED) is 0.348. The highest BCUT2D eigenvalue weighted by Crippen LogP contribution is 2.49. The molecule has 1 aliphatic heterocycles. The number of fused-ring (bicyclic) bond motifs is 1. The minimum Gasteiger partial charge on any atom is -0.497 e. The van der Waals surface area contributed by atoms with Crippen molar-refractivity contribution in [2.75, 3.05) is 26.7 Å². The molecule has 1 saturated heterocycles. The molecule has 36 heavy (non-hydrogen) atoms. The number of ether oxygens (including phenoxy) is 1. The molecule has 1 amide bonds. The fraction of sp³-hybridized carbons (Fsp3) is 0.516. The van der Waals surface area contributed by atoms with Gasteiger partial charge in [0.15, 0.2) is 0 Å². The highest BCUT2D eigenvalue weighted by Gasteiger charge is 2.52. The SMILES string of the molecule is C=CCN1CC[C@@]2(c3cccc(OC)c3)C[C@H](NC(=O)CCCCCc3ccccc3)CC(O)[C@@H]2C1. The molecule has 0 bridgehead atoms. The topological polar surface area (TPSA) is 61.8 Å². The summed E-state index contributed by atoms with van der Waals surface area (Å²) in [6.45, 7) is 6.53. The van der Waals surface area contributed by atoms with Crippen molar-refractivity contribution < 1.29 is 14.6 Å². The van der Waals surface area contributed by atoms with Crippen molar-refractivity contribution in [3.8, 4) is 5.75 Å². The third kappa shape index (κ3) is 6.37. The Bertz CT molecular complexity index is 994. The zero-order valence-electron chi connectivity index (χ0n) is 21.7. The number of amides is 1. The van der Waals surface area contributed by atoms with Crippen LogP contribution in [0, 0.1) is 5.92 Å². The van der Waals surface area contributed by atoms with Gasteiger partial charge in [-0.05, 0) is 68.3 Å². The fourth-order valence-electron chi connectivity index (χ4n) is 6.41. The number of nitrogens with one attached hydrogen (secondary N) is 1. The van der Waals surface area contributed by atoms with Crippen molar-refractivity contribution in [2.45, 2.75) is 68.9 Å². The second-order valence-corrected chi connectivity index (χ2v) is 10.6. The third-order valence-corrected chi connectivity index (χ3v) is 8.25. The van der Waals surface area contributed by atoms with E-state index in [1.807, 2.05) is 24.3 Å². The maximum absolute atomic E-state index is 12.9. The molecule has 1 saturated carbocycles.